The molecule has 4 nitrogen and oxygen atoms in total. The lowest BCUT2D eigenvalue weighted by molar-refractivity contribution is -0.122. The van der Waals surface area contributed by atoms with Gasteiger partial charge in [0.2, 0.25) is 5.91 Å². The molecule has 0 fully saturated rings. The van der Waals surface area contributed by atoms with Crippen molar-refractivity contribution in [3.05, 3.63) is 66.0 Å². The van der Waals surface area contributed by atoms with Crippen LogP contribution in [-0.2, 0) is 11.3 Å². The first kappa shape index (κ1) is 18.2. The second-order valence-electron chi connectivity index (χ2n) is 6.70. The highest BCUT2D eigenvalue weighted by Gasteiger charge is 2.18. The van der Waals surface area contributed by atoms with Crippen LogP contribution in [0, 0.1) is 6.92 Å². The van der Waals surface area contributed by atoms with Gasteiger partial charge in [0.25, 0.3) is 0 Å². The van der Waals surface area contributed by atoms with Crippen LogP contribution in [0.25, 0.3) is 11.0 Å². The third-order valence-electron chi connectivity index (χ3n) is 4.80. The van der Waals surface area contributed by atoms with E-state index in [9.17, 15) is 4.79 Å². The van der Waals surface area contributed by atoms with Gasteiger partial charge < -0.3 is 9.88 Å². The molecule has 136 valence electrons. The molecular weight excluding hydrogens is 322 g/mol. The number of hydrogen-bond acceptors (Lipinski definition) is 2. The molecule has 1 amide bonds. The van der Waals surface area contributed by atoms with E-state index >= 15 is 0 Å². The Kier molecular flexibility index (Phi) is 6.05. The van der Waals surface area contributed by atoms with E-state index in [1.54, 1.807) is 0 Å². The first-order chi connectivity index (χ1) is 12.7. The fourth-order valence-corrected chi connectivity index (χ4v) is 3.47. The number of para-hydroxylation sites is 2. The molecule has 0 aliphatic heterocycles. The number of benzene rings is 2. The van der Waals surface area contributed by atoms with Gasteiger partial charge in [0.05, 0.1) is 17.0 Å². The highest BCUT2D eigenvalue weighted by atomic mass is 16.1. The normalized spacial score (nSPS) is 12.2. The van der Waals surface area contributed by atoms with Crippen LogP contribution in [0.15, 0.2) is 54.6 Å². The van der Waals surface area contributed by atoms with Crippen LogP contribution in [0.1, 0.15) is 43.5 Å². The number of aryl methyl sites for hydroxylation is 2. The monoisotopic (exact) mass is 349 g/mol. The number of fused-ring (bicyclic) bond motifs is 1. The summed E-state index contributed by atoms with van der Waals surface area (Å²) < 4.78 is 2.22. The molecule has 0 aliphatic rings. The maximum absolute atomic E-state index is 12.6. The van der Waals surface area contributed by atoms with E-state index in [0.29, 0.717) is 6.54 Å². The van der Waals surface area contributed by atoms with Gasteiger partial charge in [-0.1, -0.05) is 55.8 Å². The molecule has 0 saturated carbocycles. The van der Waals surface area contributed by atoms with E-state index in [0.717, 1.165) is 48.2 Å². The topological polar surface area (TPSA) is 46.9 Å². The molecule has 4 heteroatoms. The average molecular weight is 349 g/mol. The molecule has 1 N–H and O–H groups in total. The highest BCUT2D eigenvalue weighted by Crippen LogP contribution is 2.21. The second kappa shape index (κ2) is 8.65. The third kappa shape index (κ3) is 4.13. The number of aromatic nitrogens is 2. The Labute approximate surface area is 155 Å². The van der Waals surface area contributed by atoms with Gasteiger partial charge in [0.15, 0.2) is 0 Å². The maximum Gasteiger partial charge on any atom is 0.227 e. The summed E-state index contributed by atoms with van der Waals surface area (Å²) in [5.74, 6) is 1.09. The van der Waals surface area contributed by atoms with Crippen LogP contribution in [0.2, 0.25) is 0 Å². The third-order valence-corrected chi connectivity index (χ3v) is 4.80. The lowest BCUT2D eigenvalue weighted by Gasteiger charge is -2.17. The number of hydrogen-bond donors (Lipinski definition) is 1. The van der Waals surface area contributed by atoms with Gasteiger partial charge in [0.1, 0.15) is 5.82 Å². The van der Waals surface area contributed by atoms with E-state index in [1.807, 2.05) is 55.5 Å². The number of carbonyl (C=O) groups is 1. The van der Waals surface area contributed by atoms with Gasteiger partial charge in [0, 0.05) is 13.1 Å². The van der Waals surface area contributed by atoms with E-state index in [-0.39, 0.29) is 11.8 Å². The van der Waals surface area contributed by atoms with Crippen LogP contribution in [-0.4, -0.2) is 22.0 Å². The number of amides is 1. The molecule has 1 unspecified atom stereocenters. The predicted octanol–water partition coefficient (Wildman–Crippen LogP) is 4.43. The summed E-state index contributed by atoms with van der Waals surface area (Å²) >= 11 is 0. The fourth-order valence-electron chi connectivity index (χ4n) is 3.47. The highest BCUT2D eigenvalue weighted by molar-refractivity contribution is 5.83. The summed E-state index contributed by atoms with van der Waals surface area (Å²) in [5, 5.41) is 3.12. The quantitative estimate of drug-likeness (QED) is 0.611. The van der Waals surface area contributed by atoms with Crippen molar-refractivity contribution < 1.29 is 4.79 Å². The summed E-state index contributed by atoms with van der Waals surface area (Å²) in [5.41, 5.74) is 3.29. The summed E-state index contributed by atoms with van der Waals surface area (Å²) in [7, 11) is 0. The molecule has 0 radical (unpaired) electrons. The largest absolute Gasteiger partial charge is 0.356 e. The average Bonchev–Trinajstić information content (AvgIpc) is 2.99. The minimum Gasteiger partial charge on any atom is -0.356 e. The molecule has 0 aliphatic carbocycles. The number of nitrogens with one attached hydrogen (secondary N) is 1. The molecule has 1 heterocycles. The smallest absolute Gasteiger partial charge is 0.227 e. The first-order valence-electron chi connectivity index (χ1n) is 9.45. The van der Waals surface area contributed by atoms with Gasteiger partial charge in [-0.05, 0) is 37.5 Å². The van der Waals surface area contributed by atoms with Crippen molar-refractivity contribution in [2.24, 2.45) is 0 Å². The van der Waals surface area contributed by atoms with Crippen LogP contribution in [0.4, 0.5) is 0 Å². The molecule has 0 spiro atoms. The van der Waals surface area contributed by atoms with Crippen LogP contribution >= 0.6 is 0 Å². The predicted molar refractivity (Wildman–Crippen MR) is 106 cm³/mol. The number of rotatable bonds is 8. The van der Waals surface area contributed by atoms with Crippen molar-refractivity contribution in [3.63, 3.8) is 0 Å². The maximum atomic E-state index is 12.6. The number of nitrogens with zero attached hydrogens (tertiary/aromatic N) is 2. The Morgan fingerprint density at radius 1 is 1.12 bits per heavy atom. The zero-order valence-electron chi connectivity index (χ0n) is 15.6. The van der Waals surface area contributed by atoms with E-state index in [4.69, 9.17) is 0 Å². The van der Waals surface area contributed by atoms with Gasteiger partial charge in [-0.25, -0.2) is 4.98 Å². The van der Waals surface area contributed by atoms with E-state index < -0.39 is 0 Å². The molecule has 1 atom stereocenters. The standard InChI is InChI=1S/C22H27N3O/c1-3-10-19(18-11-5-4-6-12-18)22(26)23-15-9-16-25-17(2)24-20-13-7-8-14-21(20)25/h4-8,11-14,19H,3,9-10,15-16H2,1-2H3,(H,23,26). The fraction of sp³-hybridized carbons (Fsp3) is 0.364. The Bertz CT molecular complexity index is 854. The molecule has 3 aromatic rings. The second-order valence-corrected chi connectivity index (χ2v) is 6.70. The summed E-state index contributed by atoms with van der Waals surface area (Å²) in [4.78, 5) is 17.2. The lowest BCUT2D eigenvalue weighted by Crippen LogP contribution is -2.30. The number of imidazole rings is 1. The first-order valence-corrected chi connectivity index (χ1v) is 9.45. The van der Waals surface area contributed by atoms with Crippen molar-refractivity contribution in [3.8, 4) is 0 Å². The van der Waals surface area contributed by atoms with E-state index in [2.05, 4.69) is 27.9 Å². The van der Waals surface area contributed by atoms with E-state index in [1.165, 1.54) is 0 Å². The van der Waals surface area contributed by atoms with Crippen LogP contribution in [0.3, 0.4) is 0 Å². The molecular formula is C22H27N3O. The van der Waals surface area contributed by atoms with Gasteiger partial charge >= 0.3 is 0 Å². The van der Waals surface area contributed by atoms with Crippen molar-refractivity contribution in [1.82, 2.24) is 14.9 Å². The minimum absolute atomic E-state index is 0.0583. The number of carbonyl (C=O) groups excluding carboxylic acids is 1. The Morgan fingerprint density at radius 3 is 2.62 bits per heavy atom. The molecule has 26 heavy (non-hydrogen) atoms. The van der Waals surface area contributed by atoms with Crippen LogP contribution < -0.4 is 5.32 Å². The van der Waals surface area contributed by atoms with Gasteiger partial charge in [-0.3, -0.25) is 4.79 Å². The SMILES string of the molecule is CCCC(C(=O)NCCCn1c(C)nc2ccccc21)c1ccccc1. The van der Waals surface area contributed by atoms with Crippen molar-refractivity contribution in [2.75, 3.05) is 6.54 Å². The van der Waals surface area contributed by atoms with Crippen molar-refractivity contribution in [2.45, 2.75) is 45.6 Å². The molecule has 0 saturated heterocycles. The van der Waals surface area contributed by atoms with Crippen LogP contribution in [0.5, 0.6) is 0 Å². The minimum atomic E-state index is -0.0583. The van der Waals surface area contributed by atoms with Crippen molar-refractivity contribution >= 4 is 16.9 Å². The Hall–Kier alpha value is -2.62. The summed E-state index contributed by atoms with van der Waals surface area (Å²) in [6.07, 6.45) is 2.76. The Morgan fingerprint density at radius 2 is 1.85 bits per heavy atom. The summed E-state index contributed by atoms with van der Waals surface area (Å²) in [6.45, 7) is 5.69. The Balaban J connectivity index is 1.56. The molecule has 2 aromatic carbocycles. The summed E-state index contributed by atoms with van der Waals surface area (Å²) in [6, 6.07) is 18.3. The zero-order valence-corrected chi connectivity index (χ0v) is 15.6. The molecule has 0 bridgehead atoms. The van der Waals surface area contributed by atoms with Gasteiger partial charge in [-0.2, -0.15) is 0 Å². The van der Waals surface area contributed by atoms with Crippen molar-refractivity contribution in [1.29, 1.82) is 0 Å². The lowest BCUT2D eigenvalue weighted by atomic mass is 9.93. The zero-order chi connectivity index (χ0) is 18.4. The molecule has 3 rings (SSSR count). The van der Waals surface area contributed by atoms with Gasteiger partial charge in [-0.15, -0.1) is 0 Å². The molecule has 1 aromatic heterocycles.